The standard InChI is InChI=1S/C18H26N6O2/c1-2-15(25)14-11-13-12-22(8-6-10-24(13)21-14)18(26)17-20-19-16-7-4-3-5-9-23(16)17/h11,15,25H,2-10,12H2,1H3. The average Bonchev–Trinajstić information content (AvgIpc) is 3.09. The van der Waals surface area contributed by atoms with Crippen molar-refractivity contribution >= 4 is 5.91 Å². The third kappa shape index (κ3) is 3.13. The van der Waals surface area contributed by atoms with Crippen LogP contribution in [0.25, 0.3) is 0 Å². The lowest BCUT2D eigenvalue weighted by Crippen LogP contribution is -2.33. The third-order valence-corrected chi connectivity index (χ3v) is 5.35. The molecule has 8 heteroatoms. The van der Waals surface area contributed by atoms with Gasteiger partial charge in [-0.15, -0.1) is 10.2 Å². The Hall–Kier alpha value is -2.22. The highest BCUT2D eigenvalue weighted by molar-refractivity contribution is 5.90. The van der Waals surface area contributed by atoms with Crippen LogP contribution in [0.5, 0.6) is 0 Å². The molecule has 26 heavy (non-hydrogen) atoms. The number of hydrogen-bond acceptors (Lipinski definition) is 5. The first-order valence-corrected chi connectivity index (χ1v) is 9.63. The predicted octanol–water partition coefficient (Wildman–Crippen LogP) is 1.69. The normalized spacial score (nSPS) is 18.6. The van der Waals surface area contributed by atoms with Gasteiger partial charge in [0.25, 0.3) is 5.91 Å². The van der Waals surface area contributed by atoms with E-state index in [9.17, 15) is 9.90 Å². The van der Waals surface area contributed by atoms with Gasteiger partial charge in [0.2, 0.25) is 5.82 Å². The topological polar surface area (TPSA) is 89.1 Å². The molecule has 1 atom stereocenters. The van der Waals surface area contributed by atoms with E-state index in [1.54, 1.807) is 0 Å². The molecule has 8 nitrogen and oxygen atoms in total. The second kappa shape index (κ2) is 7.19. The van der Waals surface area contributed by atoms with Gasteiger partial charge < -0.3 is 14.6 Å². The zero-order valence-corrected chi connectivity index (χ0v) is 15.3. The summed E-state index contributed by atoms with van der Waals surface area (Å²) in [6, 6.07) is 1.92. The summed E-state index contributed by atoms with van der Waals surface area (Å²) in [4.78, 5) is 15.0. The molecular formula is C18H26N6O2. The molecule has 0 aromatic carbocycles. The molecule has 1 N–H and O–H groups in total. The number of fused-ring (bicyclic) bond motifs is 2. The van der Waals surface area contributed by atoms with Crippen LogP contribution < -0.4 is 0 Å². The van der Waals surface area contributed by atoms with E-state index < -0.39 is 6.10 Å². The molecule has 2 aliphatic rings. The fourth-order valence-corrected chi connectivity index (χ4v) is 3.81. The number of rotatable bonds is 3. The molecule has 2 aliphatic heterocycles. The maximum absolute atomic E-state index is 13.1. The van der Waals surface area contributed by atoms with Crippen LogP contribution >= 0.6 is 0 Å². The highest BCUT2D eigenvalue weighted by atomic mass is 16.3. The van der Waals surface area contributed by atoms with E-state index in [2.05, 4.69) is 15.3 Å². The molecule has 0 radical (unpaired) electrons. The molecule has 0 spiro atoms. The van der Waals surface area contributed by atoms with Gasteiger partial charge in [-0.3, -0.25) is 9.48 Å². The van der Waals surface area contributed by atoms with Crippen LogP contribution in [0.4, 0.5) is 0 Å². The quantitative estimate of drug-likeness (QED) is 0.902. The van der Waals surface area contributed by atoms with Gasteiger partial charge in [0, 0.05) is 26.1 Å². The first-order valence-electron chi connectivity index (χ1n) is 9.63. The van der Waals surface area contributed by atoms with Crippen LogP contribution in [0.2, 0.25) is 0 Å². The van der Waals surface area contributed by atoms with Gasteiger partial charge in [0.05, 0.1) is 24.0 Å². The number of aryl methyl sites for hydroxylation is 2. The zero-order valence-electron chi connectivity index (χ0n) is 15.3. The summed E-state index contributed by atoms with van der Waals surface area (Å²) in [6.07, 6.45) is 5.15. The fourth-order valence-electron chi connectivity index (χ4n) is 3.81. The molecule has 4 rings (SSSR count). The van der Waals surface area contributed by atoms with Crippen LogP contribution in [-0.4, -0.2) is 47.0 Å². The summed E-state index contributed by atoms with van der Waals surface area (Å²) < 4.78 is 3.93. The summed E-state index contributed by atoms with van der Waals surface area (Å²) in [5, 5.41) is 23.0. The summed E-state index contributed by atoms with van der Waals surface area (Å²) >= 11 is 0. The molecule has 4 heterocycles. The minimum atomic E-state index is -0.550. The lowest BCUT2D eigenvalue weighted by Gasteiger charge is -2.20. The van der Waals surface area contributed by atoms with E-state index in [1.807, 2.05) is 27.1 Å². The molecule has 0 saturated heterocycles. The molecule has 1 amide bonds. The Bertz CT molecular complexity index is 796. The second-order valence-corrected chi connectivity index (χ2v) is 7.19. The van der Waals surface area contributed by atoms with E-state index in [0.717, 1.165) is 50.3 Å². The van der Waals surface area contributed by atoms with Crippen molar-refractivity contribution in [1.82, 2.24) is 29.4 Å². The Morgan fingerprint density at radius 1 is 1.19 bits per heavy atom. The lowest BCUT2D eigenvalue weighted by atomic mass is 10.2. The molecule has 1 unspecified atom stereocenters. The first-order chi connectivity index (χ1) is 12.7. The van der Waals surface area contributed by atoms with Crippen molar-refractivity contribution < 1.29 is 9.90 Å². The molecule has 0 bridgehead atoms. The number of aliphatic hydroxyl groups excluding tert-OH is 1. The van der Waals surface area contributed by atoms with E-state index in [0.29, 0.717) is 31.0 Å². The van der Waals surface area contributed by atoms with Gasteiger partial charge in [-0.25, -0.2) is 0 Å². The van der Waals surface area contributed by atoms with Crippen LogP contribution in [0, 0.1) is 0 Å². The van der Waals surface area contributed by atoms with Gasteiger partial charge in [-0.05, 0) is 31.7 Å². The summed E-state index contributed by atoms with van der Waals surface area (Å²) in [7, 11) is 0. The van der Waals surface area contributed by atoms with Crippen molar-refractivity contribution in [1.29, 1.82) is 0 Å². The van der Waals surface area contributed by atoms with Crippen molar-refractivity contribution in [3.05, 3.63) is 29.1 Å². The number of nitrogens with zero attached hydrogens (tertiary/aromatic N) is 6. The Labute approximate surface area is 152 Å². The van der Waals surface area contributed by atoms with Crippen LogP contribution in [0.15, 0.2) is 6.07 Å². The summed E-state index contributed by atoms with van der Waals surface area (Å²) in [5.74, 6) is 1.33. The molecular weight excluding hydrogens is 332 g/mol. The molecule has 140 valence electrons. The highest BCUT2D eigenvalue weighted by Crippen LogP contribution is 2.22. The van der Waals surface area contributed by atoms with Crippen molar-refractivity contribution in [3.8, 4) is 0 Å². The first kappa shape index (κ1) is 17.2. The molecule has 0 aliphatic carbocycles. The van der Waals surface area contributed by atoms with Crippen molar-refractivity contribution in [3.63, 3.8) is 0 Å². The van der Waals surface area contributed by atoms with Crippen LogP contribution in [0.3, 0.4) is 0 Å². The maximum Gasteiger partial charge on any atom is 0.292 e. The smallest absolute Gasteiger partial charge is 0.292 e. The van der Waals surface area contributed by atoms with Crippen LogP contribution in [0.1, 0.15) is 73.0 Å². The molecule has 2 aromatic rings. The van der Waals surface area contributed by atoms with Gasteiger partial charge >= 0.3 is 0 Å². The maximum atomic E-state index is 13.1. The van der Waals surface area contributed by atoms with Gasteiger partial charge in [0.15, 0.2) is 0 Å². The van der Waals surface area contributed by atoms with E-state index in [-0.39, 0.29) is 5.91 Å². The summed E-state index contributed by atoms with van der Waals surface area (Å²) in [6.45, 7) is 4.68. The molecule has 2 aromatic heterocycles. The Kier molecular flexibility index (Phi) is 4.76. The SMILES string of the molecule is CCC(O)c1cc2n(n1)CCCN(C(=O)c1nnc3n1CCCCC3)C2. The van der Waals surface area contributed by atoms with Crippen molar-refractivity contribution in [2.24, 2.45) is 0 Å². The Morgan fingerprint density at radius 2 is 2.08 bits per heavy atom. The average molecular weight is 358 g/mol. The zero-order chi connectivity index (χ0) is 18.1. The van der Waals surface area contributed by atoms with E-state index in [1.165, 1.54) is 6.42 Å². The van der Waals surface area contributed by atoms with E-state index >= 15 is 0 Å². The van der Waals surface area contributed by atoms with Gasteiger partial charge in [0.1, 0.15) is 5.82 Å². The number of carbonyl (C=O) groups is 1. The number of amides is 1. The van der Waals surface area contributed by atoms with Crippen molar-refractivity contribution in [2.45, 2.75) is 71.2 Å². The van der Waals surface area contributed by atoms with E-state index in [4.69, 9.17) is 0 Å². The molecule has 0 fully saturated rings. The number of hydrogen-bond donors (Lipinski definition) is 1. The van der Waals surface area contributed by atoms with Gasteiger partial charge in [-0.2, -0.15) is 5.10 Å². The largest absolute Gasteiger partial charge is 0.387 e. The monoisotopic (exact) mass is 358 g/mol. The number of aromatic nitrogens is 5. The fraction of sp³-hybridized carbons (Fsp3) is 0.667. The second-order valence-electron chi connectivity index (χ2n) is 7.19. The minimum absolute atomic E-state index is 0.0575. The molecule has 0 saturated carbocycles. The van der Waals surface area contributed by atoms with Crippen molar-refractivity contribution in [2.75, 3.05) is 6.54 Å². The number of carbonyl (C=O) groups excluding carboxylic acids is 1. The highest BCUT2D eigenvalue weighted by Gasteiger charge is 2.27. The van der Waals surface area contributed by atoms with Crippen LogP contribution in [-0.2, 0) is 26.1 Å². The number of aliphatic hydroxyl groups is 1. The Morgan fingerprint density at radius 3 is 2.92 bits per heavy atom. The predicted molar refractivity (Wildman–Crippen MR) is 94.4 cm³/mol. The Balaban J connectivity index is 1.57. The lowest BCUT2D eigenvalue weighted by molar-refractivity contribution is 0.0727. The minimum Gasteiger partial charge on any atom is -0.387 e. The third-order valence-electron chi connectivity index (χ3n) is 5.35. The summed E-state index contributed by atoms with van der Waals surface area (Å²) in [5.41, 5.74) is 1.65. The van der Waals surface area contributed by atoms with Gasteiger partial charge in [-0.1, -0.05) is 13.3 Å².